The lowest BCUT2D eigenvalue weighted by Crippen LogP contribution is -2.56. The number of piperidine rings is 1. The van der Waals surface area contributed by atoms with E-state index in [2.05, 4.69) is 24.5 Å². The summed E-state index contributed by atoms with van der Waals surface area (Å²) < 4.78 is 1.40. The fourth-order valence-corrected chi connectivity index (χ4v) is 4.40. The van der Waals surface area contributed by atoms with E-state index in [0.29, 0.717) is 24.2 Å². The molecule has 2 fully saturated rings. The van der Waals surface area contributed by atoms with E-state index in [-0.39, 0.29) is 35.0 Å². The van der Waals surface area contributed by atoms with E-state index >= 15 is 0 Å². The van der Waals surface area contributed by atoms with Gasteiger partial charge < -0.3 is 15.2 Å². The van der Waals surface area contributed by atoms with Crippen molar-refractivity contribution in [2.75, 3.05) is 0 Å². The highest BCUT2D eigenvalue weighted by Crippen LogP contribution is 2.39. The molecule has 0 spiro atoms. The maximum absolute atomic E-state index is 12.5. The van der Waals surface area contributed by atoms with Gasteiger partial charge in [-0.2, -0.15) is 0 Å². The summed E-state index contributed by atoms with van der Waals surface area (Å²) in [7, 11) is 1.63. The van der Waals surface area contributed by atoms with E-state index in [4.69, 9.17) is 0 Å². The highest BCUT2D eigenvalue weighted by molar-refractivity contribution is 5.94. The Kier molecular flexibility index (Phi) is 4.97. The SMILES string of the molecule is CC(C)C1CC(=O)NC2CC(NC(=O)c3cccn(C)c3=O)CCC21. The first kappa shape index (κ1) is 17.7. The molecule has 1 aliphatic heterocycles. The lowest BCUT2D eigenvalue weighted by Gasteiger charge is -2.45. The van der Waals surface area contributed by atoms with E-state index in [0.717, 1.165) is 19.3 Å². The van der Waals surface area contributed by atoms with Crippen molar-refractivity contribution >= 4 is 11.8 Å². The molecule has 1 saturated carbocycles. The Balaban J connectivity index is 1.68. The lowest BCUT2D eigenvalue weighted by atomic mass is 9.67. The van der Waals surface area contributed by atoms with Gasteiger partial charge in [0.1, 0.15) is 5.56 Å². The second kappa shape index (κ2) is 7.02. The second-order valence-corrected chi connectivity index (χ2v) is 7.77. The maximum atomic E-state index is 12.5. The molecular weight excluding hydrogens is 318 g/mol. The zero-order valence-electron chi connectivity index (χ0n) is 15.1. The third kappa shape index (κ3) is 3.62. The molecule has 2 N–H and O–H groups in total. The summed E-state index contributed by atoms with van der Waals surface area (Å²) in [5.41, 5.74) is -0.126. The van der Waals surface area contributed by atoms with Crippen LogP contribution in [0.5, 0.6) is 0 Å². The van der Waals surface area contributed by atoms with Gasteiger partial charge in [-0.15, -0.1) is 0 Å². The minimum Gasteiger partial charge on any atom is -0.353 e. The minimum atomic E-state index is -0.327. The van der Waals surface area contributed by atoms with Gasteiger partial charge in [0.15, 0.2) is 0 Å². The molecule has 1 aliphatic carbocycles. The van der Waals surface area contributed by atoms with Crippen LogP contribution in [0, 0.1) is 17.8 Å². The van der Waals surface area contributed by atoms with E-state index in [1.165, 1.54) is 4.57 Å². The molecule has 1 aromatic heterocycles. The van der Waals surface area contributed by atoms with Crippen LogP contribution in [0.1, 0.15) is 49.9 Å². The summed E-state index contributed by atoms with van der Waals surface area (Å²) in [4.78, 5) is 36.6. The van der Waals surface area contributed by atoms with Crippen LogP contribution >= 0.6 is 0 Å². The largest absolute Gasteiger partial charge is 0.353 e. The van der Waals surface area contributed by atoms with Crippen molar-refractivity contribution in [1.82, 2.24) is 15.2 Å². The van der Waals surface area contributed by atoms with Crippen LogP contribution in [0.25, 0.3) is 0 Å². The molecule has 136 valence electrons. The van der Waals surface area contributed by atoms with Crippen LogP contribution in [-0.4, -0.2) is 28.5 Å². The molecule has 1 aromatic rings. The summed E-state index contributed by atoms with van der Waals surface area (Å²) in [5, 5.41) is 6.10. The van der Waals surface area contributed by atoms with Crippen molar-refractivity contribution in [3.8, 4) is 0 Å². The smallest absolute Gasteiger partial charge is 0.263 e. The molecule has 2 heterocycles. The van der Waals surface area contributed by atoms with Crippen molar-refractivity contribution in [2.24, 2.45) is 24.8 Å². The second-order valence-electron chi connectivity index (χ2n) is 7.77. The van der Waals surface area contributed by atoms with Gasteiger partial charge in [0, 0.05) is 31.7 Å². The van der Waals surface area contributed by atoms with Crippen LogP contribution in [0.4, 0.5) is 0 Å². The molecule has 2 aliphatic rings. The Bertz CT molecular complexity index is 725. The predicted molar refractivity (Wildman–Crippen MR) is 95.2 cm³/mol. The summed E-state index contributed by atoms with van der Waals surface area (Å²) >= 11 is 0. The summed E-state index contributed by atoms with van der Waals surface area (Å²) in [6, 6.07) is 3.36. The summed E-state index contributed by atoms with van der Waals surface area (Å²) in [6.07, 6.45) is 4.85. The molecule has 6 nitrogen and oxygen atoms in total. The van der Waals surface area contributed by atoms with Crippen LogP contribution in [0.15, 0.2) is 23.1 Å². The van der Waals surface area contributed by atoms with Crippen molar-refractivity contribution in [3.05, 3.63) is 34.2 Å². The van der Waals surface area contributed by atoms with Crippen molar-refractivity contribution in [1.29, 1.82) is 0 Å². The number of nitrogens with zero attached hydrogens (tertiary/aromatic N) is 1. The number of amides is 2. The Morgan fingerprint density at radius 2 is 2.08 bits per heavy atom. The Hall–Kier alpha value is -2.11. The first-order valence-electron chi connectivity index (χ1n) is 9.12. The molecule has 25 heavy (non-hydrogen) atoms. The number of hydrogen-bond acceptors (Lipinski definition) is 3. The topological polar surface area (TPSA) is 80.2 Å². The zero-order valence-corrected chi connectivity index (χ0v) is 15.1. The number of fused-ring (bicyclic) bond motifs is 1. The first-order valence-corrected chi connectivity index (χ1v) is 9.12. The van der Waals surface area contributed by atoms with E-state index in [9.17, 15) is 14.4 Å². The molecular formula is C19H27N3O3. The fraction of sp³-hybridized carbons (Fsp3) is 0.632. The normalized spacial score (nSPS) is 29.0. The molecule has 3 rings (SSSR count). The quantitative estimate of drug-likeness (QED) is 0.870. The van der Waals surface area contributed by atoms with Gasteiger partial charge in [0.2, 0.25) is 5.91 Å². The third-order valence-electron chi connectivity index (χ3n) is 5.78. The highest BCUT2D eigenvalue weighted by atomic mass is 16.2. The number of aromatic nitrogens is 1. The van der Waals surface area contributed by atoms with Gasteiger partial charge in [-0.1, -0.05) is 13.8 Å². The van der Waals surface area contributed by atoms with E-state index < -0.39 is 0 Å². The molecule has 2 amide bonds. The number of aryl methyl sites for hydroxylation is 1. The molecule has 0 radical (unpaired) electrons. The van der Waals surface area contributed by atoms with Gasteiger partial charge in [-0.05, 0) is 49.1 Å². The van der Waals surface area contributed by atoms with Crippen LogP contribution in [0.2, 0.25) is 0 Å². The van der Waals surface area contributed by atoms with E-state index in [1.54, 1.807) is 25.4 Å². The molecule has 4 atom stereocenters. The molecule has 4 unspecified atom stereocenters. The summed E-state index contributed by atoms with van der Waals surface area (Å²) in [6.45, 7) is 4.36. The Morgan fingerprint density at radius 1 is 1.32 bits per heavy atom. The maximum Gasteiger partial charge on any atom is 0.263 e. The third-order valence-corrected chi connectivity index (χ3v) is 5.78. The van der Waals surface area contributed by atoms with Gasteiger partial charge in [0.25, 0.3) is 11.5 Å². The number of nitrogens with one attached hydrogen (secondary N) is 2. The van der Waals surface area contributed by atoms with Crippen LogP contribution in [0.3, 0.4) is 0 Å². The zero-order chi connectivity index (χ0) is 18.1. The number of pyridine rings is 1. The number of carbonyl (C=O) groups excluding carboxylic acids is 2. The van der Waals surface area contributed by atoms with Gasteiger partial charge in [-0.3, -0.25) is 14.4 Å². The molecule has 6 heteroatoms. The average Bonchev–Trinajstić information content (AvgIpc) is 2.56. The first-order chi connectivity index (χ1) is 11.9. The lowest BCUT2D eigenvalue weighted by molar-refractivity contribution is -0.128. The van der Waals surface area contributed by atoms with Crippen LogP contribution < -0.4 is 16.2 Å². The van der Waals surface area contributed by atoms with Gasteiger partial charge >= 0.3 is 0 Å². The average molecular weight is 345 g/mol. The van der Waals surface area contributed by atoms with E-state index in [1.807, 2.05) is 0 Å². The Morgan fingerprint density at radius 3 is 2.80 bits per heavy atom. The van der Waals surface area contributed by atoms with Gasteiger partial charge in [0.05, 0.1) is 0 Å². The number of hydrogen-bond donors (Lipinski definition) is 2. The number of carbonyl (C=O) groups is 2. The van der Waals surface area contributed by atoms with Crippen LogP contribution in [-0.2, 0) is 11.8 Å². The fourth-order valence-electron chi connectivity index (χ4n) is 4.40. The van der Waals surface area contributed by atoms with Crippen molar-refractivity contribution in [2.45, 2.75) is 51.6 Å². The standard InChI is InChI=1S/C19H27N3O3/c1-11(2)15-10-17(23)21-16-9-12(6-7-13(15)16)20-18(24)14-5-4-8-22(3)19(14)25/h4-5,8,11-13,15-16H,6-7,9-10H2,1-3H3,(H,20,24)(H,21,23). The van der Waals surface area contributed by atoms with Gasteiger partial charge in [-0.25, -0.2) is 0 Å². The predicted octanol–water partition coefficient (Wildman–Crippen LogP) is 1.44. The monoisotopic (exact) mass is 345 g/mol. The molecule has 0 aromatic carbocycles. The molecule has 0 bridgehead atoms. The Labute approximate surface area is 148 Å². The van der Waals surface area contributed by atoms with Crippen molar-refractivity contribution in [3.63, 3.8) is 0 Å². The highest BCUT2D eigenvalue weighted by Gasteiger charge is 2.42. The van der Waals surface area contributed by atoms with Crippen molar-refractivity contribution < 1.29 is 9.59 Å². The molecule has 1 saturated heterocycles. The number of rotatable bonds is 3. The summed E-state index contributed by atoms with van der Waals surface area (Å²) in [5.74, 6) is 1.17. The minimum absolute atomic E-state index is 0.00938.